The van der Waals surface area contributed by atoms with Crippen molar-refractivity contribution in [3.63, 3.8) is 0 Å². The van der Waals surface area contributed by atoms with Crippen molar-refractivity contribution < 1.29 is 0 Å². The molecule has 0 saturated carbocycles. The van der Waals surface area contributed by atoms with Crippen LogP contribution in [-0.2, 0) is 19.5 Å². The smallest absolute Gasteiger partial charge is 0.153 e. The van der Waals surface area contributed by atoms with Gasteiger partial charge in [0.25, 0.3) is 0 Å². The van der Waals surface area contributed by atoms with Crippen LogP contribution >= 0.6 is 11.5 Å². The fourth-order valence-corrected chi connectivity index (χ4v) is 3.94. The molecule has 1 aliphatic heterocycles. The Morgan fingerprint density at radius 2 is 2.17 bits per heavy atom. The van der Waals surface area contributed by atoms with E-state index in [0.717, 1.165) is 31.9 Å². The molecule has 0 unspecified atom stereocenters. The van der Waals surface area contributed by atoms with E-state index >= 15 is 0 Å². The van der Waals surface area contributed by atoms with Crippen molar-refractivity contribution >= 4 is 11.5 Å². The molecule has 124 valence electrons. The Labute approximate surface area is 145 Å². The molecule has 4 rings (SSSR count). The monoisotopic (exact) mass is 340 g/mol. The molecular formula is C17H20N6S. The summed E-state index contributed by atoms with van der Waals surface area (Å²) >= 11 is 1.47. The van der Waals surface area contributed by atoms with Crippen LogP contribution in [0.5, 0.6) is 0 Å². The van der Waals surface area contributed by atoms with E-state index in [-0.39, 0.29) is 5.41 Å². The Bertz CT molecular complexity index is 809. The van der Waals surface area contributed by atoms with Crippen molar-refractivity contribution in [2.75, 3.05) is 6.54 Å². The average Bonchev–Trinajstić information content (AvgIpc) is 3.16. The second kappa shape index (κ2) is 6.07. The largest absolute Gasteiger partial charge is 0.293 e. The van der Waals surface area contributed by atoms with Gasteiger partial charge in [0.2, 0.25) is 0 Å². The lowest BCUT2D eigenvalue weighted by atomic mass is 9.87. The van der Waals surface area contributed by atoms with Gasteiger partial charge in [-0.25, -0.2) is 9.67 Å². The van der Waals surface area contributed by atoms with Crippen LogP contribution in [0.3, 0.4) is 0 Å². The molecule has 3 aromatic heterocycles. The highest BCUT2D eigenvalue weighted by Gasteiger charge is 2.31. The molecule has 3 aromatic rings. The standard InChI is InChI=1S/C17H20N6S/c1-17(2)7-15-13(8-20-23(15)16-5-3-4-6-18-16)10-22(12-17)11-14-9-19-21-24-14/h3-6,8-9H,7,10-12H2,1-2H3. The maximum Gasteiger partial charge on any atom is 0.153 e. The number of nitrogens with zero attached hydrogens (tertiary/aromatic N) is 6. The topological polar surface area (TPSA) is 59.7 Å². The van der Waals surface area contributed by atoms with E-state index < -0.39 is 0 Å². The summed E-state index contributed by atoms with van der Waals surface area (Å²) in [7, 11) is 0. The highest BCUT2D eigenvalue weighted by molar-refractivity contribution is 7.05. The predicted octanol–water partition coefficient (Wildman–Crippen LogP) is 2.70. The summed E-state index contributed by atoms with van der Waals surface area (Å²) in [6.07, 6.45) is 6.65. The third-order valence-corrected chi connectivity index (χ3v) is 4.94. The maximum absolute atomic E-state index is 4.61. The first-order valence-electron chi connectivity index (χ1n) is 8.06. The molecule has 24 heavy (non-hydrogen) atoms. The maximum atomic E-state index is 4.61. The Balaban J connectivity index is 1.68. The van der Waals surface area contributed by atoms with Gasteiger partial charge in [0.15, 0.2) is 5.82 Å². The van der Waals surface area contributed by atoms with Crippen LogP contribution in [0.4, 0.5) is 0 Å². The predicted molar refractivity (Wildman–Crippen MR) is 92.9 cm³/mol. The Morgan fingerprint density at radius 1 is 1.25 bits per heavy atom. The van der Waals surface area contributed by atoms with Crippen LogP contribution in [0.15, 0.2) is 36.8 Å². The van der Waals surface area contributed by atoms with Gasteiger partial charge in [-0.1, -0.05) is 24.4 Å². The summed E-state index contributed by atoms with van der Waals surface area (Å²) in [4.78, 5) is 8.12. The van der Waals surface area contributed by atoms with Gasteiger partial charge in [-0.2, -0.15) is 5.10 Å². The molecule has 4 heterocycles. The van der Waals surface area contributed by atoms with E-state index in [9.17, 15) is 0 Å². The van der Waals surface area contributed by atoms with E-state index in [4.69, 9.17) is 0 Å². The number of hydrogen-bond donors (Lipinski definition) is 0. The summed E-state index contributed by atoms with van der Waals surface area (Å²) in [5.41, 5.74) is 2.71. The van der Waals surface area contributed by atoms with Gasteiger partial charge in [-0.05, 0) is 35.5 Å². The van der Waals surface area contributed by atoms with Crippen LogP contribution in [-0.4, -0.2) is 35.8 Å². The zero-order valence-electron chi connectivity index (χ0n) is 13.9. The van der Waals surface area contributed by atoms with Crippen LogP contribution in [0.25, 0.3) is 5.82 Å². The van der Waals surface area contributed by atoms with Crippen molar-refractivity contribution in [3.8, 4) is 5.82 Å². The summed E-state index contributed by atoms with van der Waals surface area (Å²) in [6.45, 7) is 7.44. The lowest BCUT2D eigenvalue weighted by molar-refractivity contribution is 0.174. The minimum Gasteiger partial charge on any atom is -0.293 e. The van der Waals surface area contributed by atoms with Crippen LogP contribution in [0.1, 0.15) is 30.0 Å². The molecule has 1 aliphatic rings. The van der Waals surface area contributed by atoms with Crippen LogP contribution in [0.2, 0.25) is 0 Å². The lowest BCUT2D eigenvalue weighted by Gasteiger charge is -2.29. The number of pyridine rings is 1. The summed E-state index contributed by atoms with van der Waals surface area (Å²) < 4.78 is 5.97. The molecule has 0 spiro atoms. The number of aromatic nitrogens is 5. The molecule has 0 aliphatic carbocycles. The molecule has 0 aromatic carbocycles. The van der Waals surface area contributed by atoms with Gasteiger partial charge in [0.05, 0.1) is 23.0 Å². The minimum atomic E-state index is 0.163. The first-order valence-corrected chi connectivity index (χ1v) is 8.84. The normalized spacial score (nSPS) is 17.4. The Kier molecular flexibility index (Phi) is 3.90. The third kappa shape index (κ3) is 3.09. The van der Waals surface area contributed by atoms with Crippen molar-refractivity contribution in [1.82, 2.24) is 29.3 Å². The summed E-state index contributed by atoms with van der Waals surface area (Å²) in [5.74, 6) is 0.884. The van der Waals surface area contributed by atoms with E-state index in [0.29, 0.717) is 0 Å². The molecule has 0 atom stereocenters. The van der Waals surface area contributed by atoms with Crippen LogP contribution < -0.4 is 0 Å². The van der Waals surface area contributed by atoms with Gasteiger partial charge in [0.1, 0.15) is 0 Å². The SMILES string of the molecule is CC1(C)Cc2c(cnn2-c2ccccn2)CN(Cc2cnns2)C1. The first-order chi connectivity index (χ1) is 11.6. The van der Waals surface area contributed by atoms with Gasteiger partial charge in [-0.15, -0.1) is 5.10 Å². The van der Waals surface area contributed by atoms with Gasteiger partial charge in [-0.3, -0.25) is 4.90 Å². The van der Waals surface area contributed by atoms with Crippen molar-refractivity contribution in [2.45, 2.75) is 33.4 Å². The second-order valence-corrected chi connectivity index (χ2v) is 7.96. The van der Waals surface area contributed by atoms with E-state index in [2.05, 4.69) is 38.4 Å². The average molecular weight is 340 g/mol. The third-order valence-electron chi connectivity index (χ3n) is 4.30. The quantitative estimate of drug-likeness (QED) is 0.734. The fourth-order valence-electron chi connectivity index (χ4n) is 3.41. The molecule has 7 heteroatoms. The number of rotatable bonds is 3. The van der Waals surface area contributed by atoms with Crippen LogP contribution in [0, 0.1) is 5.41 Å². The van der Waals surface area contributed by atoms with Gasteiger partial charge in [0, 0.05) is 31.4 Å². The van der Waals surface area contributed by atoms with E-state index in [1.165, 1.54) is 27.7 Å². The molecule has 0 fully saturated rings. The number of fused-ring (bicyclic) bond motifs is 1. The minimum absolute atomic E-state index is 0.163. The first kappa shape index (κ1) is 15.4. The Hall–Kier alpha value is -2.12. The molecule has 0 radical (unpaired) electrons. The summed E-state index contributed by atoms with van der Waals surface area (Å²) in [5, 5.41) is 8.56. The van der Waals surface area contributed by atoms with Crippen molar-refractivity contribution in [3.05, 3.63) is 52.9 Å². The van der Waals surface area contributed by atoms with Gasteiger partial charge < -0.3 is 0 Å². The molecule has 0 bridgehead atoms. The van der Waals surface area contributed by atoms with Crippen molar-refractivity contribution in [1.29, 1.82) is 0 Å². The molecule has 6 nitrogen and oxygen atoms in total. The van der Waals surface area contributed by atoms with E-state index in [1.807, 2.05) is 41.5 Å². The summed E-state index contributed by atoms with van der Waals surface area (Å²) in [6, 6.07) is 5.94. The zero-order valence-corrected chi connectivity index (χ0v) is 14.7. The van der Waals surface area contributed by atoms with Gasteiger partial charge >= 0.3 is 0 Å². The highest BCUT2D eigenvalue weighted by Crippen LogP contribution is 2.32. The fraction of sp³-hybridized carbons (Fsp3) is 0.412. The Morgan fingerprint density at radius 3 is 2.92 bits per heavy atom. The molecule has 0 saturated heterocycles. The van der Waals surface area contributed by atoms with E-state index in [1.54, 1.807) is 0 Å². The second-order valence-electron chi connectivity index (χ2n) is 7.09. The number of hydrogen-bond acceptors (Lipinski definition) is 6. The molecule has 0 amide bonds. The molecular weight excluding hydrogens is 320 g/mol. The molecule has 0 N–H and O–H groups in total. The van der Waals surface area contributed by atoms with Crippen molar-refractivity contribution in [2.24, 2.45) is 5.41 Å². The highest BCUT2D eigenvalue weighted by atomic mass is 32.1. The zero-order chi connectivity index (χ0) is 16.6. The lowest BCUT2D eigenvalue weighted by Crippen LogP contribution is -2.32.